The van der Waals surface area contributed by atoms with Gasteiger partial charge in [0.05, 0.1) is 0 Å². The van der Waals surface area contributed by atoms with Crippen molar-refractivity contribution in [3.63, 3.8) is 0 Å². The molecule has 1 aliphatic heterocycles. The van der Waals surface area contributed by atoms with Gasteiger partial charge in [0.15, 0.2) is 0 Å². The van der Waals surface area contributed by atoms with Gasteiger partial charge in [-0.2, -0.15) is 14.6 Å². The normalized spacial score (nSPS) is 15.4. The van der Waals surface area contributed by atoms with Gasteiger partial charge in [-0.1, -0.05) is 22.0 Å². The van der Waals surface area contributed by atoms with Gasteiger partial charge >= 0.3 is 0 Å². The zero-order chi connectivity index (χ0) is 15.8. The van der Waals surface area contributed by atoms with Crippen LogP contribution in [0.3, 0.4) is 0 Å². The first-order valence-corrected chi connectivity index (χ1v) is 8.43. The lowest BCUT2D eigenvalue weighted by atomic mass is 10.2. The van der Waals surface area contributed by atoms with Gasteiger partial charge in [0, 0.05) is 48.1 Å². The van der Waals surface area contributed by atoms with Crippen LogP contribution < -0.4 is 9.80 Å². The van der Waals surface area contributed by atoms with Crippen LogP contribution in [0.1, 0.15) is 5.69 Å². The Labute approximate surface area is 142 Å². The Kier molecular flexibility index (Phi) is 3.65. The summed E-state index contributed by atoms with van der Waals surface area (Å²) < 4.78 is 2.94. The molecule has 118 valence electrons. The van der Waals surface area contributed by atoms with Crippen molar-refractivity contribution in [3.8, 4) is 0 Å². The van der Waals surface area contributed by atoms with Gasteiger partial charge in [-0.25, -0.2) is 4.98 Å². The predicted molar refractivity (Wildman–Crippen MR) is 94.1 cm³/mol. The number of fused-ring (bicyclic) bond motifs is 1. The van der Waals surface area contributed by atoms with Crippen molar-refractivity contribution < 1.29 is 0 Å². The van der Waals surface area contributed by atoms with Crippen molar-refractivity contribution >= 4 is 33.2 Å². The van der Waals surface area contributed by atoms with Crippen LogP contribution in [0.2, 0.25) is 0 Å². The van der Waals surface area contributed by atoms with E-state index in [4.69, 9.17) is 0 Å². The Morgan fingerprint density at radius 2 is 1.83 bits per heavy atom. The molecule has 0 amide bonds. The van der Waals surface area contributed by atoms with E-state index in [1.165, 1.54) is 5.69 Å². The van der Waals surface area contributed by atoms with Crippen molar-refractivity contribution in [2.24, 2.45) is 0 Å². The van der Waals surface area contributed by atoms with Crippen LogP contribution in [-0.2, 0) is 0 Å². The number of anilines is 2. The highest BCUT2D eigenvalue weighted by Gasteiger charge is 2.20. The van der Waals surface area contributed by atoms with E-state index in [2.05, 4.69) is 71.1 Å². The van der Waals surface area contributed by atoms with Crippen LogP contribution in [-0.4, -0.2) is 45.8 Å². The Hall–Kier alpha value is -2.15. The molecule has 7 heteroatoms. The summed E-state index contributed by atoms with van der Waals surface area (Å²) in [7, 11) is 0. The van der Waals surface area contributed by atoms with E-state index in [9.17, 15) is 0 Å². The lowest BCUT2D eigenvalue weighted by Gasteiger charge is -2.37. The minimum absolute atomic E-state index is 0.661. The fraction of sp³-hybridized carbons (Fsp3) is 0.312. The lowest BCUT2D eigenvalue weighted by molar-refractivity contribution is 0.638. The second kappa shape index (κ2) is 5.81. The smallest absolute Gasteiger partial charge is 0.254 e. The van der Waals surface area contributed by atoms with Gasteiger partial charge in [-0.3, -0.25) is 0 Å². The summed E-state index contributed by atoms with van der Waals surface area (Å²) in [5, 5.41) is 4.31. The SMILES string of the molecule is Cc1cc(N2CCN(c3cccc(Br)c3)CC2)n2ncnc2n1. The highest BCUT2D eigenvalue weighted by Crippen LogP contribution is 2.23. The maximum absolute atomic E-state index is 4.41. The molecule has 1 saturated heterocycles. The Morgan fingerprint density at radius 3 is 2.61 bits per heavy atom. The minimum Gasteiger partial charge on any atom is -0.368 e. The van der Waals surface area contributed by atoms with Crippen LogP contribution in [0.15, 0.2) is 41.1 Å². The topological polar surface area (TPSA) is 49.6 Å². The monoisotopic (exact) mass is 372 g/mol. The first-order valence-electron chi connectivity index (χ1n) is 7.63. The number of aromatic nitrogens is 4. The summed E-state index contributed by atoms with van der Waals surface area (Å²) >= 11 is 3.55. The van der Waals surface area contributed by atoms with E-state index in [0.717, 1.165) is 42.2 Å². The molecule has 0 spiro atoms. The molecule has 1 fully saturated rings. The predicted octanol–water partition coefficient (Wildman–Crippen LogP) is 2.52. The highest BCUT2D eigenvalue weighted by molar-refractivity contribution is 9.10. The van der Waals surface area contributed by atoms with Gasteiger partial charge < -0.3 is 9.80 Å². The third-order valence-electron chi connectivity index (χ3n) is 4.14. The van der Waals surface area contributed by atoms with Crippen LogP contribution in [0.25, 0.3) is 5.78 Å². The number of hydrogen-bond donors (Lipinski definition) is 0. The summed E-state index contributed by atoms with van der Waals surface area (Å²) in [4.78, 5) is 13.4. The van der Waals surface area contributed by atoms with Crippen molar-refractivity contribution in [1.29, 1.82) is 0 Å². The molecule has 0 unspecified atom stereocenters. The first kappa shape index (κ1) is 14.4. The molecule has 3 heterocycles. The van der Waals surface area contributed by atoms with Crippen molar-refractivity contribution in [1.82, 2.24) is 19.6 Å². The Balaban J connectivity index is 1.56. The Bertz CT molecular complexity index is 837. The van der Waals surface area contributed by atoms with Gasteiger partial charge in [0.25, 0.3) is 5.78 Å². The minimum atomic E-state index is 0.661. The van der Waals surface area contributed by atoms with Crippen molar-refractivity contribution in [2.75, 3.05) is 36.0 Å². The molecule has 0 atom stereocenters. The molecular formula is C16H17BrN6. The lowest BCUT2D eigenvalue weighted by Crippen LogP contribution is -2.47. The molecular weight excluding hydrogens is 356 g/mol. The van der Waals surface area contributed by atoms with Crippen molar-refractivity contribution in [3.05, 3.63) is 46.8 Å². The third-order valence-corrected chi connectivity index (χ3v) is 4.63. The zero-order valence-electron chi connectivity index (χ0n) is 12.9. The molecule has 0 aliphatic carbocycles. The van der Waals surface area contributed by atoms with Crippen LogP contribution >= 0.6 is 15.9 Å². The van der Waals surface area contributed by atoms with E-state index in [-0.39, 0.29) is 0 Å². The standard InChI is InChI=1S/C16H17BrN6/c1-12-9-15(23-16(20-12)18-11-19-23)22-7-5-21(6-8-22)14-4-2-3-13(17)10-14/h2-4,9-11H,5-8H2,1H3. The molecule has 1 aliphatic rings. The summed E-state index contributed by atoms with van der Waals surface area (Å²) in [5.74, 6) is 1.73. The number of nitrogens with zero attached hydrogens (tertiary/aromatic N) is 6. The zero-order valence-corrected chi connectivity index (χ0v) is 14.4. The number of rotatable bonds is 2. The number of aryl methyl sites for hydroxylation is 1. The van der Waals surface area contributed by atoms with E-state index in [0.29, 0.717) is 5.78 Å². The highest BCUT2D eigenvalue weighted by atomic mass is 79.9. The van der Waals surface area contributed by atoms with E-state index >= 15 is 0 Å². The first-order chi connectivity index (χ1) is 11.2. The summed E-state index contributed by atoms with van der Waals surface area (Å²) in [6.45, 7) is 5.85. The number of piperazine rings is 1. The van der Waals surface area contributed by atoms with Crippen LogP contribution in [0, 0.1) is 6.92 Å². The second-order valence-electron chi connectivity index (χ2n) is 5.68. The van der Waals surface area contributed by atoms with Crippen LogP contribution in [0.5, 0.6) is 0 Å². The summed E-state index contributed by atoms with van der Waals surface area (Å²) in [6, 6.07) is 10.5. The average molecular weight is 373 g/mol. The molecule has 2 aromatic heterocycles. The molecule has 6 nitrogen and oxygen atoms in total. The maximum atomic E-state index is 4.41. The van der Waals surface area contributed by atoms with Gasteiger partial charge in [-0.15, -0.1) is 0 Å². The average Bonchev–Trinajstić information content (AvgIpc) is 3.02. The molecule has 3 aromatic rings. The molecule has 23 heavy (non-hydrogen) atoms. The molecule has 0 radical (unpaired) electrons. The van der Waals surface area contributed by atoms with E-state index < -0.39 is 0 Å². The number of hydrogen-bond acceptors (Lipinski definition) is 5. The van der Waals surface area contributed by atoms with Gasteiger partial charge in [0.1, 0.15) is 12.1 Å². The third kappa shape index (κ3) is 2.76. The summed E-state index contributed by atoms with van der Waals surface area (Å²) in [6.07, 6.45) is 1.56. The number of halogens is 1. The molecule has 0 N–H and O–H groups in total. The fourth-order valence-corrected chi connectivity index (χ4v) is 3.39. The summed E-state index contributed by atoms with van der Waals surface area (Å²) in [5.41, 5.74) is 2.23. The van der Waals surface area contributed by atoms with Gasteiger partial charge in [-0.05, 0) is 25.1 Å². The second-order valence-corrected chi connectivity index (χ2v) is 6.60. The fourth-order valence-electron chi connectivity index (χ4n) is 3.00. The number of benzene rings is 1. The quantitative estimate of drug-likeness (QED) is 0.691. The Morgan fingerprint density at radius 1 is 1.04 bits per heavy atom. The largest absolute Gasteiger partial charge is 0.368 e. The molecule has 4 rings (SSSR count). The molecule has 0 saturated carbocycles. The molecule has 0 bridgehead atoms. The van der Waals surface area contributed by atoms with E-state index in [1.807, 2.05) is 11.4 Å². The maximum Gasteiger partial charge on any atom is 0.254 e. The van der Waals surface area contributed by atoms with Crippen LogP contribution in [0.4, 0.5) is 11.5 Å². The molecule has 1 aromatic carbocycles. The van der Waals surface area contributed by atoms with Gasteiger partial charge in [0.2, 0.25) is 0 Å². The van der Waals surface area contributed by atoms with Crippen molar-refractivity contribution in [2.45, 2.75) is 6.92 Å². The van der Waals surface area contributed by atoms with E-state index in [1.54, 1.807) is 6.33 Å².